The van der Waals surface area contributed by atoms with Gasteiger partial charge in [-0.2, -0.15) is 5.26 Å². The molecule has 0 heterocycles. The second-order valence-corrected chi connectivity index (χ2v) is 4.73. The third-order valence-electron chi connectivity index (χ3n) is 3.26. The van der Waals surface area contributed by atoms with E-state index in [0.717, 1.165) is 5.56 Å². The second-order valence-electron chi connectivity index (χ2n) is 4.73. The van der Waals surface area contributed by atoms with Crippen LogP contribution in [0.2, 0.25) is 0 Å². The molecule has 0 fully saturated rings. The Bertz CT molecular complexity index is 517. The number of hydrogen-bond acceptors (Lipinski definition) is 4. The number of hydrogen-bond donors (Lipinski definition) is 0. The highest BCUT2D eigenvalue weighted by atomic mass is 16.5. The fourth-order valence-corrected chi connectivity index (χ4v) is 2.20. The Morgan fingerprint density at radius 2 is 2.00 bits per heavy atom. The first-order chi connectivity index (χ1) is 9.48. The molecule has 1 aromatic rings. The molecule has 0 spiro atoms. The molecule has 0 amide bonds. The fraction of sp³-hybridized carbons (Fsp3) is 0.375. The van der Waals surface area contributed by atoms with Crippen LogP contribution in [0.3, 0.4) is 0 Å². The van der Waals surface area contributed by atoms with Crippen LogP contribution in [0.25, 0.3) is 0 Å². The average Bonchev–Trinajstić information content (AvgIpc) is 2.45. The van der Waals surface area contributed by atoms with Crippen LogP contribution in [-0.2, 0) is 15.1 Å². The minimum absolute atomic E-state index is 0.208. The molecule has 1 rings (SSSR count). The van der Waals surface area contributed by atoms with E-state index in [2.05, 4.69) is 6.58 Å². The summed E-state index contributed by atoms with van der Waals surface area (Å²) in [6, 6.07) is 11.3. The van der Waals surface area contributed by atoms with Crippen molar-refractivity contribution in [1.82, 2.24) is 4.90 Å². The standard InChI is InChI=1S/C16H20N2O2/c1-5-20-15(19)16(18(3)4,11-13(2)12-17)14-9-7-6-8-10-14/h6-10H,2,5,11H2,1,3-4H3. The number of nitrogens with zero attached hydrogens (tertiary/aromatic N) is 2. The van der Waals surface area contributed by atoms with Crippen molar-refractivity contribution in [2.45, 2.75) is 18.9 Å². The van der Waals surface area contributed by atoms with Crippen LogP contribution in [0, 0.1) is 11.3 Å². The van der Waals surface area contributed by atoms with Crippen molar-refractivity contribution in [2.24, 2.45) is 0 Å². The molecule has 106 valence electrons. The summed E-state index contributed by atoms with van der Waals surface area (Å²) in [4.78, 5) is 14.3. The maximum absolute atomic E-state index is 12.5. The van der Waals surface area contributed by atoms with Gasteiger partial charge in [0.25, 0.3) is 0 Å². The molecule has 1 aromatic carbocycles. The summed E-state index contributed by atoms with van der Waals surface area (Å²) in [6.07, 6.45) is 0.208. The van der Waals surface area contributed by atoms with Gasteiger partial charge in [-0.25, -0.2) is 4.79 Å². The number of rotatable bonds is 6. The zero-order valence-corrected chi connectivity index (χ0v) is 12.2. The summed E-state index contributed by atoms with van der Waals surface area (Å²) in [7, 11) is 3.60. The van der Waals surface area contributed by atoms with Crippen molar-refractivity contribution in [1.29, 1.82) is 5.26 Å². The zero-order chi connectivity index (χ0) is 15.2. The number of esters is 1. The van der Waals surface area contributed by atoms with Gasteiger partial charge in [0.15, 0.2) is 0 Å². The SMILES string of the molecule is C=C(C#N)CC(C(=O)OCC)(c1ccccc1)N(C)C. The first kappa shape index (κ1) is 15.9. The van der Waals surface area contributed by atoms with Crippen LogP contribution in [-0.4, -0.2) is 31.6 Å². The largest absolute Gasteiger partial charge is 0.464 e. The van der Waals surface area contributed by atoms with Gasteiger partial charge in [0.05, 0.1) is 12.7 Å². The smallest absolute Gasteiger partial charge is 0.331 e. The van der Waals surface area contributed by atoms with Crippen molar-refractivity contribution < 1.29 is 9.53 Å². The van der Waals surface area contributed by atoms with Gasteiger partial charge in [-0.3, -0.25) is 4.90 Å². The highest BCUT2D eigenvalue weighted by Gasteiger charge is 2.44. The van der Waals surface area contributed by atoms with Gasteiger partial charge < -0.3 is 4.74 Å². The zero-order valence-electron chi connectivity index (χ0n) is 12.2. The van der Waals surface area contributed by atoms with Crippen molar-refractivity contribution in [3.8, 4) is 6.07 Å². The maximum atomic E-state index is 12.5. The topological polar surface area (TPSA) is 53.3 Å². The molecule has 0 saturated heterocycles. The Labute approximate surface area is 120 Å². The highest BCUT2D eigenvalue weighted by Crippen LogP contribution is 2.34. The lowest BCUT2D eigenvalue weighted by atomic mass is 9.83. The van der Waals surface area contributed by atoms with Crippen LogP contribution < -0.4 is 0 Å². The number of benzene rings is 1. The van der Waals surface area contributed by atoms with Crippen molar-refractivity contribution in [2.75, 3.05) is 20.7 Å². The predicted octanol–water partition coefficient (Wildman–Crippen LogP) is 2.48. The summed E-state index contributed by atoms with van der Waals surface area (Å²) in [6.45, 7) is 5.77. The van der Waals surface area contributed by atoms with Gasteiger partial charge >= 0.3 is 5.97 Å². The molecule has 0 aromatic heterocycles. The van der Waals surface area contributed by atoms with Crippen LogP contribution in [0.15, 0.2) is 42.5 Å². The van der Waals surface area contributed by atoms with Gasteiger partial charge in [0.1, 0.15) is 5.54 Å². The Hall–Kier alpha value is -2.12. The third kappa shape index (κ3) is 3.06. The molecule has 0 aliphatic carbocycles. The summed E-state index contributed by atoms with van der Waals surface area (Å²) in [5, 5.41) is 9.02. The Balaban J connectivity index is 3.39. The summed E-state index contributed by atoms with van der Waals surface area (Å²) < 4.78 is 5.24. The lowest BCUT2D eigenvalue weighted by Crippen LogP contribution is -2.49. The van der Waals surface area contributed by atoms with Gasteiger partial charge in [0, 0.05) is 12.0 Å². The molecule has 0 aliphatic heterocycles. The van der Waals surface area contributed by atoms with Crippen LogP contribution in [0.1, 0.15) is 18.9 Å². The van der Waals surface area contributed by atoms with E-state index in [1.54, 1.807) is 25.9 Å². The third-order valence-corrected chi connectivity index (χ3v) is 3.26. The molecular formula is C16H20N2O2. The quantitative estimate of drug-likeness (QED) is 0.589. The van der Waals surface area contributed by atoms with E-state index in [-0.39, 0.29) is 12.4 Å². The molecule has 0 aliphatic rings. The second kappa shape index (κ2) is 6.88. The van der Waals surface area contributed by atoms with Crippen molar-refractivity contribution in [3.63, 3.8) is 0 Å². The summed E-state index contributed by atoms with van der Waals surface area (Å²) >= 11 is 0. The van der Waals surface area contributed by atoms with Gasteiger partial charge in [-0.15, -0.1) is 0 Å². The molecule has 1 unspecified atom stereocenters. The summed E-state index contributed by atoms with van der Waals surface area (Å²) in [5.74, 6) is -0.368. The highest BCUT2D eigenvalue weighted by molar-refractivity contribution is 5.83. The molecule has 1 atom stereocenters. The number of nitriles is 1. The molecule has 0 bridgehead atoms. The molecule has 0 saturated carbocycles. The molecule has 20 heavy (non-hydrogen) atoms. The lowest BCUT2D eigenvalue weighted by molar-refractivity contribution is -0.157. The van der Waals surface area contributed by atoms with E-state index in [9.17, 15) is 4.79 Å². The van der Waals surface area contributed by atoms with Crippen molar-refractivity contribution in [3.05, 3.63) is 48.0 Å². The number of likely N-dealkylation sites (N-methyl/N-ethyl adjacent to an activating group) is 1. The molecule has 0 radical (unpaired) electrons. The minimum Gasteiger partial charge on any atom is -0.464 e. The minimum atomic E-state index is -1.02. The number of carbonyl (C=O) groups is 1. The molecular weight excluding hydrogens is 252 g/mol. The predicted molar refractivity (Wildman–Crippen MR) is 77.8 cm³/mol. The Kier molecular flexibility index (Phi) is 5.48. The Morgan fingerprint density at radius 1 is 1.40 bits per heavy atom. The van der Waals surface area contributed by atoms with Crippen LogP contribution >= 0.6 is 0 Å². The van der Waals surface area contributed by atoms with Gasteiger partial charge in [0.2, 0.25) is 0 Å². The first-order valence-corrected chi connectivity index (χ1v) is 6.47. The summed E-state index contributed by atoms with van der Waals surface area (Å²) in [5.41, 5.74) is 0.111. The van der Waals surface area contributed by atoms with Crippen LogP contribution in [0.5, 0.6) is 0 Å². The van der Waals surface area contributed by atoms with Gasteiger partial charge in [-0.1, -0.05) is 36.9 Å². The first-order valence-electron chi connectivity index (χ1n) is 6.47. The van der Waals surface area contributed by atoms with Gasteiger partial charge in [-0.05, 0) is 26.6 Å². The normalized spacial score (nSPS) is 13.3. The molecule has 4 heteroatoms. The monoisotopic (exact) mass is 272 g/mol. The molecule has 0 N–H and O–H groups in total. The van der Waals surface area contributed by atoms with E-state index >= 15 is 0 Å². The molecule has 4 nitrogen and oxygen atoms in total. The van der Waals surface area contributed by atoms with E-state index in [1.807, 2.05) is 36.4 Å². The van der Waals surface area contributed by atoms with E-state index in [1.165, 1.54) is 0 Å². The number of ether oxygens (including phenoxy) is 1. The Morgan fingerprint density at radius 3 is 2.45 bits per heavy atom. The van der Waals surface area contributed by atoms with E-state index < -0.39 is 5.54 Å². The van der Waals surface area contributed by atoms with E-state index in [4.69, 9.17) is 10.00 Å². The lowest BCUT2D eigenvalue weighted by Gasteiger charge is -2.37. The average molecular weight is 272 g/mol. The van der Waals surface area contributed by atoms with E-state index in [0.29, 0.717) is 12.2 Å². The number of carbonyl (C=O) groups excluding carboxylic acids is 1. The van der Waals surface area contributed by atoms with Crippen molar-refractivity contribution >= 4 is 5.97 Å². The van der Waals surface area contributed by atoms with Crippen LogP contribution in [0.4, 0.5) is 0 Å². The maximum Gasteiger partial charge on any atom is 0.331 e. The fourth-order valence-electron chi connectivity index (χ4n) is 2.20.